The number of aryl methyl sites for hydroxylation is 2. The lowest BCUT2D eigenvalue weighted by atomic mass is 10.4. The van der Waals surface area contributed by atoms with E-state index in [1.807, 2.05) is 13.8 Å². The Bertz CT molecular complexity index is 445. The minimum absolute atomic E-state index is 0.364. The summed E-state index contributed by atoms with van der Waals surface area (Å²) in [6.45, 7) is 4.02. The van der Waals surface area contributed by atoms with Crippen molar-refractivity contribution >= 4 is 0 Å². The molecule has 0 spiro atoms. The molecule has 0 bridgehead atoms. The Morgan fingerprint density at radius 3 is 2.71 bits per heavy atom. The van der Waals surface area contributed by atoms with Crippen LogP contribution in [0.15, 0.2) is 15.0 Å². The van der Waals surface area contributed by atoms with Gasteiger partial charge in [0.05, 0.1) is 11.4 Å². The summed E-state index contributed by atoms with van der Waals surface area (Å²) in [6, 6.07) is 1.77. The largest absolute Gasteiger partial charge is 0.439 e. The second kappa shape index (κ2) is 3.26. The molecule has 2 aromatic rings. The van der Waals surface area contributed by atoms with Crippen LogP contribution in [0.5, 0.6) is 0 Å². The topological polar surface area (TPSA) is 78.1 Å². The molecule has 0 unspecified atom stereocenters. The van der Waals surface area contributed by atoms with Crippen LogP contribution in [-0.2, 0) is 6.54 Å². The normalized spacial score (nSPS) is 10.8. The number of rotatable bonds is 2. The molecule has 0 saturated carbocycles. The first kappa shape index (κ1) is 8.96. The molecule has 0 amide bonds. The predicted molar refractivity (Wildman–Crippen MR) is 49.4 cm³/mol. The van der Waals surface area contributed by atoms with Gasteiger partial charge in [-0.2, -0.15) is 0 Å². The van der Waals surface area contributed by atoms with Crippen molar-refractivity contribution in [1.82, 2.24) is 10.1 Å². The molecule has 0 aliphatic carbocycles. The van der Waals surface area contributed by atoms with E-state index in [9.17, 15) is 0 Å². The molecule has 0 aliphatic rings. The van der Waals surface area contributed by atoms with Crippen molar-refractivity contribution in [3.8, 4) is 11.7 Å². The Kier molecular flexibility index (Phi) is 2.09. The summed E-state index contributed by atoms with van der Waals surface area (Å²) in [7, 11) is 0. The highest BCUT2D eigenvalue weighted by atomic mass is 16.5. The predicted octanol–water partition coefficient (Wildman–Crippen LogP) is 1.41. The Labute approximate surface area is 80.9 Å². The van der Waals surface area contributed by atoms with Gasteiger partial charge in [-0.15, -0.1) is 0 Å². The standard InChI is InChI=1S/C9H11N3O2/c1-5-3-8(14-12-5)9-11-7(4-10)6(2)13-9/h3H,4,10H2,1-2H3. The third-order valence-electron chi connectivity index (χ3n) is 1.92. The van der Waals surface area contributed by atoms with Crippen molar-refractivity contribution in [2.75, 3.05) is 0 Å². The fourth-order valence-electron chi connectivity index (χ4n) is 1.19. The fourth-order valence-corrected chi connectivity index (χ4v) is 1.19. The van der Waals surface area contributed by atoms with Crippen molar-refractivity contribution in [3.63, 3.8) is 0 Å². The average molecular weight is 193 g/mol. The quantitative estimate of drug-likeness (QED) is 0.780. The highest BCUT2D eigenvalue weighted by Gasteiger charge is 2.13. The van der Waals surface area contributed by atoms with Crippen LogP contribution in [0, 0.1) is 13.8 Å². The number of nitrogens with two attached hydrogens (primary N) is 1. The fraction of sp³-hybridized carbons (Fsp3) is 0.333. The molecule has 2 N–H and O–H groups in total. The average Bonchev–Trinajstić information content (AvgIpc) is 2.71. The second-order valence-electron chi connectivity index (χ2n) is 3.06. The molecule has 14 heavy (non-hydrogen) atoms. The lowest BCUT2D eigenvalue weighted by Gasteiger charge is -1.84. The first-order valence-corrected chi connectivity index (χ1v) is 4.30. The van der Waals surface area contributed by atoms with E-state index >= 15 is 0 Å². The van der Waals surface area contributed by atoms with Gasteiger partial charge in [0, 0.05) is 12.6 Å². The summed E-state index contributed by atoms with van der Waals surface area (Å²) in [4.78, 5) is 4.19. The SMILES string of the molecule is Cc1cc(-c2nc(CN)c(C)o2)on1. The highest BCUT2D eigenvalue weighted by molar-refractivity contribution is 5.45. The number of hydrogen-bond acceptors (Lipinski definition) is 5. The molecule has 5 heteroatoms. The van der Waals surface area contributed by atoms with Crippen molar-refractivity contribution in [2.45, 2.75) is 20.4 Å². The first-order chi connectivity index (χ1) is 6.70. The molecule has 0 aromatic carbocycles. The number of hydrogen-bond donors (Lipinski definition) is 1. The second-order valence-corrected chi connectivity index (χ2v) is 3.06. The van der Waals surface area contributed by atoms with E-state index in [4.69, 9.17) is 14.7 Å². The molecule has 0 aliphatic heterocycles. The van der Waals surface area contributed by atoms with E-state index in [0.717, 1.165) is 17.1 Å². The van der Waals surface area contributed by atoms with Crippen LogP contribution >= 0.6 is 0 Å². The molecule has 2 aromatic heterocycles. The summed E-state index contributed by atoms with van der Waals surface area (Å²) < 4.78 is 10.4. The lowest BCUT2D eigenvalue weighted by molar-refractivity contribution is 0.408. The highest BCUT2D eigenvalue weighted by Crippen LogP contribution is 2.21. The third-order valence-corrected chi connectivity index (χ3v) is 1.92. The Hall–Kier alpha value is -1.62. The van der Waals surface area contributed by atoms with Gasteiger partial charge in [-0.25, -0.2) is 4.98 Å². The summed E-state index contributed by atoms with van der Waals surface area (Å²) >= 11 is 0. The maximum atomic E-state index is 5.48. The molecule has 5 nitrogen and oxygen atoms in total. The van der Waals surface area contributed by atoms with E-state index in [1.165, 1.54) is 0 Å². The van der Waals surface area contributed by atoms with Crippen LogP contribution in [0.3, 0.4) is 0 Å². The minimum atomic E-state index is 0.364. The molecule has 2 rings (SSSR count). The number of aromatic nitrogens is 2. The summed E-state index contributed by atoms with van der Waals surface area (Å²) in [5, 5.41) is 3.75. The molecule has 0 radical (unpaired) electrons. The van der Waals surface area contributed by atoms with E-state index in [2.05, 4.69) is 10.1 Å². The van der Waals surface area contributed by atoms with Gasteiger partial charge in [0.2, 0.25) is 5.76 Å². The monoisotopic (exact) mass is 193 g/mol. The van der Waals surface area contributed by atoms with Crippen molar-refractivity contribution in [3.05, 3.63) is 23.2 Å². The van der Waals surface area contributed by atoms with Crippen LogP contribution in [0.25, 0.3) is 11.7 Å². The first-order valence-electron chi connectivity index (χ1n) is 4.30. The van der Waals surface area contributed by atoms with Gasteiger partial charge < -0.3 is 14.7 Å². The van der Waals surface area contributed by atoms with Crippen molar-refractivity contribution in [2.24, 2.45) is 5.73 Å². The maximum absolute atomic E-state index is 5.48. The van der Waals surface area contributed by atoms with Crippen molar-refractivity contribution in [1.29, 1.82) is 0 Å². The smallest absolute Gasteiger partial charge is 0.266 e. The van der Waals surface area contributed by atoms with E-state index in [1.54, 1.807) is 6.07 Å². The molecular weight excluding hydrogens is 182 g/mol. The molecular formula is C9H11N3O2. The van der Waals surface area contributed by atoms with Crippen LogP contribution in [-0.4, -0.2) is 10.1 Å². The summed E-state index contributed by atoms with van der Waals surface area (Å²) in [5.74, 6) is 1.69. The van der Waals surface area contributed by atoms with E-state index < -0.39 is 0 Å². The maximum Gasteiger partial charge on any atom is 0.266 e. The van der Waals surface area contributed by atoms with E-state index in [0.29, 0.717) is 18.2 Å². The van der Waals surface area contributed by atoms with Gasteiger partial charge in [0.15, 0.2) is 0 Å². The van der Waals surface area contributed by atoms with Crippen LogP contribution in [0.4, 0.5) is 0 Å². The van der Waals surface area contributed by atoms with E-state index in [-0.39, 0.29) is 0 Å². The van der Waals surface area contributed by atoms with Gasteiger partial charge >= 0.3 is 0 Å². The zero-order chi connectivity index (χ0) is 10.1. The van der Waals surface area contributed by atoms with Gasteiger partial charge in [0.25, 0.3) is 5.89 Å². The zero-order valence-electron chi connectivity index (χ0n) is 8.07. The van der Waals surface area contributed by atoms with Gasteiger partial charge in [-0.1, -0.05) is 5.16 Å². The number of oxazole rings is 1. The Morgan fingerprint density at radius 2 is 2.21 bits per heavy atom. The van der Waals surface area contributed by atoms with Crippen LogP contribution in [0.1, 0.15) is 17.1 Å². The number of nitrogens with zero attached hydrogens (tertiary/aromatic N) is 2. The summed E-state index contributed by atoms with van der Waals surface area (Å²) in [6.07, 6.45) is 0. The van der Waals surface area contributed by atoms with Gasteiger partial charge in [0.1, 0.15) is 5.76 Å². The van der Waals surface area contributed by atoms with Gasteiger partial charge in [-0.05, 0) is 13.8 Å². The molecule has 2 heterocycles. The zero-order valence-corrected chi connectivity index (χ0v) is 8.07. The minimum Gasteiger partial charge on any atom is -0.439 e. The Balaban J connectivity index is 2.42. The lowest BCUT2D eigenvalue weighted by Crippen LogP contribution is -1.97. The van der Waals surface area contributed by atoms with Crippen molar-refractivity contribution < 1.29 is 8.94 Å². The molecule has 0 saturated heterocycles. The molecule has 0 fully saturated rings. The molecule has 0 atom stereocenters. The van der Waals surface area contributed by atoms with Gasteiger partial charge in [-0.3, -0.25) is 0 Å². The Morgan fingerprint density at radius 1 is 1.43 bits per heavy atom. The third kappa shape index (κ3) is 1.42. The molecule has 74 valence electrons. The van der Waals surface area contributed by atoms with Crippen LogP contribution in [0.2, 0.25) is 0 Å². The van der Waals surface area contributed by atoms with Crippen LogP contribution < -0.4 is 5.73 Å². The summed E-state index contributed by atoms with van der Waals surface area (Å²) in [5.41, 5.74) is 7.02.